The third-order valence-corrected chi connectivity index (χ3v) is 3.13. The van der Waals surface area contributed by atoms with Gasteiger partial charge in [0.2, 0.25) is 0 Å². The fourth-order valence-corrected chi connectivity index (χ4v) is 1.70. The minimum Gasteiger partial charge on any atom is -0.313 e. The molecule has 13 heavy (non-hydrogen) atoms. The SMILES string of the molecule is CCC1(C)CCC(CN=[N+]=[N-])NC1. The maximum atomic E-state index is 8.18. The van der Waals surface area contributed by atoms with Crippen molar-refractivity contribution < 1.29 is 0 Å². The minimum absolute atomic E-state index is 0.399. The van der Waals surface area contributed by atoms with Crippen molar-refractivity contribution in [2.24, 2.45) is 10.5 Å². The highest BCUT2D eigenvalue weighted by Gasteiger charge is 2.28. The van der Waals surface area contributed by atoms with Crippen LogP contribution in [0.2, 0.25) is 0 Å². The Balaban J connectivity index is 2.34. The summed E-state index contributed by atoms with van der Waals surface area (Å²) in [5.74, 6) is 0. The first-order chi connectivity index (χ1) is 6.20. The molecule has 0 radical (unpaired) electrons. The number of hydrogen-bond acceptors (Lipinski definition) is 2. The van der Waals surface area contributed by atoms with E-state index in [0.717, 1.165) is 13.0 Å². The standard InChI is InChI=1S/C9H18N4/c1-3-9(2)5-4-8(11-7-9)6-12-13-10/h8,11H,3-7H2,1-2H3. The molecule has 0 aromatic carbocycles. The highest BCUT2D eigenvalue weighted by atomic mass is 15.1. The van der Waals surface area contributed by atoms with Crippen LogP contribution in [-0.4, -0.2) is 19.1 Å². The molecule has 1 heterocycles. The summed E-state index contributed by atoms with van der Waals surface area (Å²) >= 11 is 0. The fraction of sp³-hybridized carbons (Fsp3) is 1.00. The molecule has 4 nitrogen and oxygen atoms in total. The van der Waals surface area contributed by atoms with E-state index in [2.05, 4.69) is 29.2 Å². The van der Waals surface area contributed by atoms with Gasteiger partial charge in [0.15, 0.2) is 0 Å². The molecule has 2 atom stereocenters. The quantitative estimate of drug-likeness (QED) is 0.407. The van der Waals surface area contributed by atoms with Gasteiger partial charge >= 0.3 is 0 Å². The Morgan fingerprint density at radius 3 is 2.92 bits per heavy atom. The molecule has 1 aliphatic rings. The van der Waals surface area contributed by atoms with Gasteiger partial charge in [0.05, 0.1) is 0 Å². The van der Waals surface area contributed by atoms with Gasteiger partial charge in [0, 0.05) is 24.0 Å². The molecule has 1 fully saturated rings. The molecular formula is C9H18N4. The number of hydrogen-bond donors (Lipinski definition) is 1. The van der Waals surface area contributed by atoms with E-state index in [4.69, 9.17) is 5.53 Å². The zero-order chi connectivity index (χ0) is 9.73. The number of piperidine rings is 1. The molecule has 74 valence electrons. The number of nitrogens with zero attached hydrogens (tertiary/aromatic N) is 3. The Hall–Kier alpha value is -0.730. The molecule has 1 rings (SSSR count). The van der Waals surface area contributed by atoms with Crippen LogP contribution >= 0.6 is 0 Å². The summed E-state index contributed by atoms with van der Waals surface area (Å²) in [5, 5.41) is 7.02. The Kier molecular flexibility index (Phi) is 3.58. The molecule has 0 aromatic rings. The average Bonchev–Trinajstić information content (AvgIpc) is 2.17. The smallest absolute Gasteiger partial charge is 0.0412 e. The van der Waals surface area contributed by atoms with Gasteiger partial charge in [-0.25, -0.2) is 0 Å². The summed E-state index contributed by atoms with van der Waals surface area (Å²) in [6.07, 6.45) is 3.58. The van der Waals surface area contributed by atoms with Gasteiger partial charge < -0.3 is 5.32 Å². The zero-order valence-electron chi connectivity index (χ0n) is 8.45. The molecule has 4 heteroatoms. The molecule has 2 unspecified atom stereocenters. The molecule has 0 bridgehead atoms. The van der Waals surface area contributed by atoms with Crippen LogP contribution in [0.1, 0.15) is 33.1 Å². The van der Waals surface area contributed by atoms with E-state index < -0.39 is 0 Å². The summed E-state index contributed by atoms with van der Waals surface area (Å²) < 4.78 is 0. The zero-order valence-corrected chi connectivity index (χ0v) is 8.45. The molecule has 0 spiro atoms. The second kappa shape index (κ2) is 4.49. The molecule has 0 saturated carbocycles. The average molecular weight is 182 g/mol. The monoisotopic (exact) mass is 182 g/mol. The van der Waals surface area contributed by atoms with E-state index in [0.29, 0.717) is 18.0 Å². The first-order valence-corrected chi connectivity index (χ1v) is 4.94. The highest BCUT2D eigenvalue weighted by molar-refractivity contribution is 4.86. The van der Waals surface area contributed by atoms with Crippen molar-refractivity contribution in [3.05, 3.63) is 10.4 Å². The van der Waals surface area contributed by atoms with Gasteiger partial charge in [-0.3, -0.25) is 0 Å². The third kappa shape index (κ3) is 2.90. The second-order valence-corrected chi connectivity index (χ2v) is 4.19. The van der Waals surface area contributed by atoms with Crippen molar-refractivity contribution in [3.63, 3.8) is 0 Å². The van der Waals surface area contributed by atoms with Crippen LogP contribution in [0.25, 0.3) is 10.4 Å². The van der Waals surface area contributed by atoms with E-state index in [1.165, 1.54) is 12.8 Å². The number of nitrogens with one attached hydrogen (secondary N) is 1. The Labute approximate surface area is 79.3 Å². The molecule has 0 aromatic heterocycles. The van der Waals surface area contributed by atoms with Crippen LogP contribution in [0.4, 0.5) is 0 Å². The van der Waals surface area contributed by atoms with Crippen molar-refractivity contribution in [2.45, 2.75) is 39.2 Å². The van der Waals surface area contributed by atoms with Crippen LogP contribution in [-0.2, 0) is 0 Å². The molecule has 1 N–H and O–H groups in total. The maximum Gasteiger partial charge on any atom is 0.0412 e. The summed E-state index contributed by atoms with van der Waals surface area (Å²) in [5.41, 5.74) is 8.63. The van der Waals surface area contributed by atoms with Crippen molar-refractivity contribution in [3.8, 4) is 0 Å². The first kappa shape index (κ1) is 10.4. The van der Waals surface area contributed by atoms with E-state index in [1.807, 2.05) is 0 Å². The van der Waals surface area contributed by atoms with Crippen molar-refractivity contribution in [1.82, 2.24) is 5.32 Å². The van der Waals surface area contributed by atoms with Gasteiger partial charge in [0.1, 0.15) is 0 Å². The highest BCUT2D eigenvalue weighted by Crippen LogP contribution is 2.30. The van der Waals surface area contributed by atoms with Crippen molar-refractivity contribution >= 4 is 0 Å². The Morgan fingerprint density at radius 2 is 2.46 bits per heavy atom. The maximum absolute atomic E-state index is 8.18. The van der Waals surface area contributed by atoms with E-state index in [1.54, 1.807) is 0 Å². The van der Waals surface area contributed by atoms with E-state index in [9.17, 15) is 0 Å². The van der Waals surface area contributed by atoms with Crippen LogP contribution < -0.4 is 5.32 Å². The lowest BCUT2D eigenvalue weighted by molar-refractivity contribution is 0.195. The number of azide groups is 1. The summed E-state index contributed by atoms with van der Waals surface area (Å²) in [4.78, 5) is 2.77. The van der Waals surface area contributed by atoms with Crippen LogP contribution in [0.15, 0.2) is 5.11 Å². The molecule has 0 aliphatic carbocycles. The van der Waals surface area contributed by atoms with Gasteiger partial charge in [-0.15, -0.1) is 0 Å². The largest absolute Gasteiger partial charge is 0.313 e. The summed E-state index contributed by atoms with van der Waals surface area (Å²) in [6.45, 7) is 6.19. The predicted molar refractivity (Wildman–Crippen MR) is 53.4 cm³/mol. The summed E-state index contributed by atoms with van der Waals surface area (Å²) in [6, 6.07) is 0.399. The first-order valence-electron chi connectivity index (χ1n) is 4.94. The van der Waals surface area contributed by atoms with E-state index >= 15 is 0 Å². The second-order valence-electron chi connectivity index (χ2n) is 4.19. The normalized spacial score (nSPS) is 33.8. The predicted octanol–water partition coefficient (Wildman–Crippen LogP) is 2.46. The molecule has 1 aliphatic heterocycles. The summed E-state index contributed by atoms with van der Waals surface area (Å²) in [7, 11) is 0. The lowest BCUT2D eigenvalue weighted by Gasteiger charge is -2.37. The minimum atomic E-state index is 0.399. The Morgan fingerprint density at radius 1 is 1.69 bits per heavy atom. The van der Waals surface area contributed by atoms with Gasteiger partial charge in [0.25, 0.3) is 0 Å². The lowest BCUT2D eigenvalue weighted by Crippen LogP contribution is -2.45. The topological polar surface area (TPSA) is 60.8 Å². The number of rotatable bonds is 3. The van der Waals surface area contributed by atoms with Gasteiger partial charge in [-0.2, -0.15) is 0 Å². The van der Waals surface area contributed by atoms with Gasteiger partial charge in [-0.05, 0) is 30.2 Å². The van der Waals surface area contributed by atoms with Crippen LogP contribution in [0.3, 0.4) is 0 Å². The molecular weight excluding hydrogens is 164 g/mol. The van der Waals surface area contributed by atoms with Crippen LogP contribution in [0, 0.1) is 5.41 Å². The van der Waals surface area contributed by atoms with Gasteiger partial charge in [-0.1, -0.05) is 19.0 Å². The molecule has 0 amide bonds. The lowest BCUT2D eigenvalue weighted by atomic mass is 9.78. The Bertz CT molecular complexity index is 200. The fourth-order valence-electron chi connectivity index (χ4n) is 1.70. The molecule has 1 saturated heterocycles. The third-order valence-electron chi connectivity index (χ3n) is 3.13. The van der Waals surface area contributed by atoms with Crippen molar-refractivity contribution in [1.29, 1.82) is 0 Å². The van der Waals surface area contributed by atoms with Crippen molar-refractivity contribution in [2.75, 3.05) is 13.1 Å². The van der Waals surface area contributed by atoms with E-state index in [-0.39, 0.29) is 0 Å². The van der Waals surface area contributed by atoms with Crippen LogP contribution in [0.5, 0.6) is 0 Å².